The van der Waals surface area contributed by atoms with Crippen LogP contribution in [0.3, 0.4) is 0 Å². The number of aliphatic hydroxyl groups is 1. The average Bonchev–Trinajstić information content (AvgIpc) is 2.86. The fourth-order valence-electron chi connectivity index (χ4n) is 2.41. The van der Waals surface area contributed by atoms with Gasteiger partial charge in [0.05, 0.1) is 12.1 Å². The van der Waals surface area contributed by atoms with Crippen LogP contribution >= 0.6 is 15.9 Å². The van der Waals surface area contributed by atoms with E-state index < -0.39 is 5.54 Å². The first-order valence-corrected chi connectivity index (χ1v) is 7.23. The van der Waals surface area contributed by atoms with Gasteiger partial charge in [0.25, 0.3) is 5.91 Å². The van der Waals surface area contributed by atoms with E-state index in [1.54, 1.807) is 6.07 Å². The number of carbonyl (C=O) groups is 1. The Morgan fingerprint density at radius 3 is 2.79 bits per heavy atom. The third-order valence-electron chi connectivity index (χ3n) is 3.43. The highest BCUT2D eigenvalue weighted by Crippen LogP contribution is 2.29. The first kappa shape index (κ1) is 14.3. The summed E-state index contributed by atoms with van der Waals surface area (Å²) >= 11 is 3.35. The van der Waals surface area contributed by atoms with E-state index in [-0.39, 0.29) is 19.1 Å². The molecule has 0 aliphatic heterocycles. The molecule has 0 radical (unpaired) electrons. The third-order valence-corrected chi connectivity index (χ3v) is 3.93. The van der Waals surface area contributed by atoms with E-state index in [4.69, 9.17) is 4.74 Å². The summed E-state index contributed by atoms with van der Waals surface area (Å²) in [5.74, 6) is 0.463. The van der Waals surface area contributed by atoms with Crippen molar-refractivity contribution in [3.05, 3.63) is 28.7 Å². The van der Waals surface area contributed by atoms with Crippen molar-refractivity contribution in [1.82, 2.24) is 5.32 Å². The minimum absolute atomic E-state index is 0.00434. The second-order valence-corrected chi connectivity index (χ2v) is 5.86. The van der Waals surface area contributed by atoms with Crippen LogP contribution in [0.4, 0.5) is 0 Å². The molecule has 0 unspecified atom stereocenters. The Labute approximate surface area is 121 Å². The van der Waals surface area contributed by atoms with Crippen molar-refractivity contribution in [2.75, 3.05) is 13.2 Å². The largest absolute Gasteiger partial charge is 0.484 e. The summed E-state index contributed by atoms with van der Waals surface area (Å²) in [6.07, 6.45) is 3.78. The maximum atomic E-state index is 11.9. The second-order valence-electron chi connectivity index (χ2n) is 4.94. The van der Waals surface area contributed by atoms with Crippen molar-refractivity contribution in [2.24, 2.45) is 0 Å². The highest BCUT2D eigenvalue weighted by Gasteiger charge is 2.34. The molecule has 1 aliphatic rings. The second kappa shape index (κ2) is 6.39. The van der Waals surface area contributed by atoms with Crippen LogP contribution < -0.4 is 10.1 Å². The number of rotatable bonds is 5. The number of nitrogens with one attached hydrogen (secondary N) is 1. The summed E-state index contributed by atoms with van der Waals surface area (Å²) in [5.41, 5.74) is -0.433. The van der Waals surface area contributed by atoms with Crippen LogP contribution in [0.2, 0.25) is 0 Å². The standard InChI is InChI=1S/C14H18BrNO3/c15-11-4-3-5-12(8-11)19-9-13(18)16-14(10-17)6-1-2-7-14/h3-5,8,17H,1-2,6-7,9-10H2,(H,16,18). The Hall–Kier alpha value is -1.07. The zero-order valence-corrected chi connectivity index (χ0v) is 12.3. The Morgan fingerprint density at radius 2 is 2.16 bits per heavy atom. The van der Waals surface area contributed by atoms with Crippen molar-refractivity contribution in [3.63, 3.8) is 0 Å². The Bertz CT molecular complexity index is 444. The number of ether oxygens (including phenoxy) is 1. The molecule has 0 saturated heterocycles. The van der Waals surface area contributed by atoms with Gasteiger partial charge in [-0.1, -0.05) is 34.8 Å². The summed E-state index contributed by atoms with van der Waals surface area (Å²) in [6, 6.07) is 7.36. The lowest BCUT2D eigenvalue weighted by atomic mass is 9.99. The normalized spacial score (nSPS) is 17.2. The molecule has 1 aromatic carbocycles. The number of benzene rings is 1. The molecule has 104 valence electrons. The molecular formula is C14H18BrNO3. The predicted octanol–water partition coefficient (Wildman–Crippen LogP) is 2.25. The molecule has 1 aliphatic carbocycles. The number of hydrogen-bond acceptors (Lipinski definition) is 3. The summed E-state index contributed by atoms with van der Waals surface area (Å²) in [7, 11) is 0. The van der Waals surface area contributed by atoms with E-state index in [0.717, 1.165) is 30.2 Å². The molecule has 1 amide bonds. The quantitative estimate of drug-likeness (QED) is 0.872. The summed E-state index contributed by atoms with van der Waals surface area (Å²) in [4.78, 5) is 11.9. The molecule has 1 fully saturated rings. The van der Waals surface area contributed by atoms with Crippen LogP contribution in [-0.4, -0.2) is 29.8 Å². The fraction of sp³-hybridized carbons (Fsp3) is 0.500. The number of halogens is 1. The number of amides is 1. The van der Waals surface area contributed by atoms with Gasteiger partial charge in [-0.3, -0.25) is 4.79 Å². The summed E-state index contributed by atoms with van der Waals surface area (Å²) < 4.78 is 6.33. The molecule has 19 heavy (non-hydrogen) atoms. The SMILES string of the molecule is O=C(COc1cccc(Br)c1)NC1(CO)CCCC1. The molecule has 1 saturated carbocycles. The third kappa shape index (κ3) is 3.94. The Morgan fingerprint density at radius 1 is 1.42 bits per heavy atom. The highest BCUT2D eigenvalue weighted by molar-refractivity contribution is 9.10. The lowest BCUT2D eigenvalue weighted by molar-refractivity contribution is -0.125. The first-order valence-electron chi connectivity index (χ1n) is 6.44. The first-order chi connectivity index (χ1) is 9.13. The van der Waals surface area contributed by atoms with Gasteiger partial charge in [-0.2, -0.15) is 0 Å². The van der Waals surface area contributed by atoms with Gasteiger partial charge in [-0.05, 0) is 31.0 Å². The molecule has 4 nitrogen and oxygen atoms in total. The van der Waals surface area contributed by atoms with Crippen molar-refractivity contribution >= 4 is 21.8 Å². The molecule has 2 rings (SSSR count). The van der Waals surface area contributed by atoms with E-state index in [9.17, 15) is 9.90 Å². The maximum Gasteiger partial charge on any atom is 0.258 e. The van der Waals surface area contributed by atoms with E-state index in [1.807, 2.05) is 18.2 Å². The van der Waals surface area contributed by atoms with Gasteiger partial charge in [0, 0.05) is 4.47 Å². The van der Waals surface area contributed by atoms with Gasteiger partial charge in [-0.25, -0.2) is 0 Å². The topological polar surface area (TPSA) is 58.6 Å². The number of aliphatic hydroxyl groups excluding tert-OH is 1. The molecule has 5 heteroatoms. The van der Waals surface area contributed by atoms with E-state index >= 15 is 0 Å². The fourth-order valence-corrected chi connectivity index (χ4v) is 2.79. The minimum atomic E-state index is -0.433. The molecule has 0 spiro atoms. The van der Waals surface area contributed by atoms with E-state index in [0.29, 0.717) is 5.75 Å². The zero-order valence-electron chi connectivity index (χ0n) is 10.7. The van der Waals surface area contributed by atoms with Crippen LogP contribution in [0.5, 0.6) is 5.75 Å². The van der Waals surface area contributed by atoms with Crippen molar-refractivity contribution < 1.29 is 14.6 Å². The lowest BCUT2D eigenvalue weighted by Gasteiger charge is -2.27. The van der Waals surface area contributed by atoms with Gasteiger partial charge in [0.15, 0.2) is 6.61 Å². The predicted molar refractivity (Wildman–Crippen MR) is 76.1 cm³/mol. The van der Waals surface area contributed by atoms with Gasteiger partial charge in [0.2, 0.25) is 0 Å². The molecule has 0 atom stereocenters. The van der Waals surface area contributed by atoms with Crippen LogP contribution in [0, 0.1) is 0 Å². The Kier molecular flexibility index (Phi) is 4.82. The number of carbonyl (C=O) groups excluding carboxylic acids is 1. The minimum Gasteiger partial charge on any atom is -0.484 e. The Balaban J connectivity index is 1.84. The highest BCUT2D eigenvalue weighted by atomic mass is 79.9. The van der Waals surface area contributed by atoms with Gasteiger partial charge in [0.1, 0.15) is 5.75 Å². The monoisotopic (exact) mass is 327 g/mol. The number of hydrogen-bond donors (Lipinski definition) is 2. The van der Waals surface area contributed by atoms with Crippen molar-refractivity contribution in [3.8, 4) is 5.75 Å². The van der Waals surface area contributed by atoms with Crippen LogP contribution in [0.1, 0.15) is 25.7 Å². The summed E-state index contributed by atoms with van der Waals surface area (Å²) in [6.45, 7) is -0.0339. The average molecular weight is 328 g/mol. The van der Waals surface area contributed by atoms with E-state index in [2.05, 4.69) is 21.2 Å². The maximum absolute atomic E-state index is 11.9. The van der Waals surface area contributed by atoms with Crippen LogP contribution in [0.15, 0.2) is 28.7 Å². The van der Waals surface area contributed by atoms with Crippen molar-refractivity contribution in [2.45, 2.75) is 31.2 Å². The summed E-state index contributed by atoms with van der Waals surface area (Å²) in [5, 5.41) is 12.3. The van der Waals surface area contributed by atoms with Gasteiger partial charge in [-0.15, -0.1) is 0 Å². The van der Waals surface area contributed by atoms with Crippen molar-refractivity contribution in [1.29, 1.82) is 0 Å². The van der Waals surface area contributed by atoms with Crippen LogP contribution in [0.25, 0.3) is 0 Å². The van der Waals surface area contributed by atoms with E-state index in [1.165, 1.54) is 0 Å². The van der Waals surface area contributed by atoms with Crippen LogP contribution in [-0.2, 0) is 4.79 Å². The lowest BCUT2D eigenvalue weighted by Crippen LogP contribution is -2.50. The van der Waals surface area contributed by atoms with Gasteiger partial charge < -0.3 is 15.2 Å². The zero-order chi connectivity index (χ0) is 13.7. The molecule has 1 aromatic rings. The molecule has 2 N–H and O–H groups in total. The molecule has 0 bridgehead atoms. The molecule has 0 heterocycles. The smallest absolute Gasteiger partial charge is 0.258 e. The molecular weight excluding hydrogens is 310 g/mol. The van der Waals surface area contributed by atoms with Gasteiger partial charge >= 0.3 is 0 Å². The molecule has 0 aromatic heterocycles.